The zero-order chi connectivity index (χ0) is 20.1. The van der Waals surface area contributed by atoms with Gasteiger partial charge in [-0.15, -0.1) is 0 Å². The molecule has 0 spiro atoms. The zero-order valence-electron chi connectivity index (χ0n) is 15.9. The number of benzene rings is 1. The molecule has 2 heterocycles. The van der Waals surface area contributed by atoms with Crippen LogP contribution >= 0.6 is 11.6 Å². The summed E-state index contributed by atoms with van der Waals surface area (Å²) in [5.74, 6) is 1.32. The maximum absolute atomic E-state index is 12.8. The number of amides is 1. The molecule has 3 rings (SSSR count). The highest BCUT2D eigenvalue weighted by molar-refractivity contribution is 7.91. The molecule has 0 radical (unpaired) electrons. The van der Waals surface area contributed by atoms with E-state index >= 15 is 0 Å². The number of aryl methyl sites for hydroxylation is 1. The highest BCUT2D eigenvalue weighted by atomic mass is 35.5. The van der Waals surface area contributed by atoms with E-state index in [9.17, 15) is 13.2 Å². The van der Waals surface area contributed by atoms with E-state index in [-0.39, 0.29) is 29.9 Å². The molecule has 6 nitrogen and oxygen atoms in total. The van der Waals surface area contributed by atoms with Crippen LogP contribution in [0.5, 0.6) is 0 Å². The fourth-order valence-electron chi connectivity index (χ4n) is 3.39. The van der Waals surface area contributed by atoms with Crippen LogP contribution in [0.1, 0.15) is 38.5 Å². The number of rotatable bonds is 8. The third-order valence-electron chi connectivity index (χ3n) is 4.96. The highest BCUT2D eigenvalue weighted by Crippen LogP contribution is 2.23. The molecule has 0 bridgehead atoms. The SMILES string of the molecule is CCCCN(C(=O)CCc1ncc(-c2ccc(Cl)cc2)o1)C1CCS(=O)(=O)C1. The van der Waals surface area contributed by atoms with Gasteiger partial charge in [-0.05, 0) is 37.1 Å². The van der Waals surface area contributed by atoms with Gasteiger partial charge in [0.15, 0.2) is 21.5 Å². The second kappa shape index (κ2) is 9.09. The summed E-state index contributed by atoms with van der Waals surface area (Å²) >= 11 is 5.90. The van der Waals surface area contributed by atoms with Crippen molar-refractivity contribution in [3.05, 3.63) is 41.4 Å². The average Bonchev–Trinajstić information content (AvgIpc) is 3.27. The van der Waals surface area contributed by atoms with Gasteiger partial charge in [0.05, 0.1) is 17.7 Å². The number of hydrogen-bond donors (Lipinski definition) is 0. The van der Waals surface area contributed by atoms with E-state index < -0.39 is 9.84 Å². The number of nitrogens with zero attached hydrogens (tertiary/aromatic N) is 2. The van der Waals surface area contributed by atoms with Crippen LogP contribution in [-0.2, 0) is 21.1 Å². The average molecular weight is 425 g/mol. The Morgan fingerprint density at radius 3 is 2.71 bits per heavy atom. The third kappa shape index (κ3) is 5.35. The zero-order valence-corrected chi connectivity index (χ0v) is 17.5. The first-order chi connectivity index (χ1) is 13.4. The van der Waals surface area contributed by atoms with Crippen LogP contribution < -0.4 is 0 Å². The first kappa shape index (κ1) is 20.9. The standard InChI is InChI=1S/C20H25ClN2O4S/c1-2-3-11-23(17-10-12-28(25,26)14-17)20(24)9-8-19-22-13-18(27-19)15-4-6-16(21)7-5-15/h4-7,13,17H,2-3,8-12,14H2,1H3. The summed E-state index contributed by atoms with van der Waals surface area (Å²) in [7, 11) is -3.03. The first-order valence-electron chi connectivity index (χ1n) is 9.58. The summed E-state index contributed by atoms with van der Waals surface area (Å²) in [6.07, 6.45) is 4.61. The van der Waals surface area contributed by atoms with Gasteiger partial charge in [0, 0.05) is 36.0 Å². The van der Waals surface area contributed by atoms with Crippen LogP contribution in [0.4, 0.5) is 0 Å². The van der Waals surface area contributed by atoms with Crippen LogP contribution in [0.15, 0.2) is 34.9 Å². The van der Waals surface area contributed by atoms with Crippen LogP contribution in [0.3, 0.4) is 0 Å². The van der Waals surface area contributed by atoms with Gasteiger partial charge in [-0.2, -0.15) is 0 Å². The monoisotopic (exact) mass is 424 g/mol. The van der Waals surface area contributed by atoms with Crippen LogP contribution in [-0.4, -0.2) is 48.3 Å². The molecule has 1 aromatic heterocycles. The summed E-state index contributed by atoms with van der Waals surface area (Å²) in [5, 5.41) is 0.648. The van der Waals surface area contributed by atoms with Crippen molar-refractivity contribution in [1.29, 1.82) is 0 Å². The Labute approximate surface area is 170 Å². The van der Waals surface area contributed by atoms with Crippen molar-refractivity contribution < 1.29 is 17.6 Å². The molecular weight excluding hydrogens is 400 g/mol. The van der Waals surface area contributed by atoms with Gasteiger partial charge in [0.1, 0.15) is 0 Å². The predicted octanol–water partition coefficient (Wildman–Crippen LogP) is 3.74. The molecule has 1 fully saturated rings. The quantitative estimate of drug-likeness (QED) is 0.644. The lowest BCUT2D eigenvalue weighted by Gasteiger charge is -2.28. The van der Waals surface area contributed by atoms with Crippen molar-refractivity contribution in [3.63, 3.8) is 0 Å². The summed E-state index contributed by atoms with van der Waals surface area (Å²) in [5.41, 5.74) is 0.871. The molecule has 1 atom stereocenters. The molecule has 0 saturated carbocycles. The van der Waals surface area contributed by atoms with E-state index in [1.807, 2.05) is 12.1 Å². The van der Waals surface area contributed by atoms with Crippen molar-refractivity contribution >= 4 is 27.3 Å². The lowest BCUT2D eigenvalue weighted by atomic mass is 10.1. The second-order valence-corrected chi connectivity index (χ2v) is 9.79. The van der Waals surface area contributed by atoms with Crippen molar-refractivity contribution in [3.8, 4) is 11.3 Å². The van der Waals surface area contributed by atoms with Crippen molar-refractivity contribution in [1.82, 2.24) is 9.88 Å². The maximum atomic E-state index is 12.8. The fraction of sp³-hybridized carbons (Fsp3) is 0.500. The van der Waals surface area contributed by atoms with Crippen molar-refractivity contribution in [2.24, 2.45) is 0 Å². The van der Waals surface area contributed by atoms with Crippen molar-refractivity contribution in [2.45, 2.75) is 45.1 Å². The van der Waals surface area contributed by atoms with Crippen LogP contribution in [0.25, 0.3) is 11.3 Å². The number of carbonyl (C=O) groups excluding carboxylic acids is 1. The second-order valence-electron chi connectivity index (χ2n) is 7.12. The van der Waals surface area contributed by atoms with Gasteiger partial charge < -0.3 is 9.32 Å². The normalized spacial score (nSPS) is 18.3. The minimum absolute atomic E-state index is 0.0400. The number of halogens is 1. The molecule has 2 aromatic rings. The molecule has 1 aliphatic heterocycles. The summed E-state index contributed by atoms with van der Waals surface area (Å²) in [4.78, 5) is 18.8. The Morgan fingerprint density at radius 2 is 2.07 bits per heavy atom. The van der Waals surface area contributed by atoms with E-state index in [4.69, 9.17) is 16.0 Å². The number of oxazole rings is 1. The molecule has 8 heteroatoms. The number of carbonyl (C=O) groups is 1. The predicted molar refractivity (Wildman–Crippen MR) is 109 cm³/mol. The maximum Gasteiger partial charge on any atom is 0.223 e. The Balaban J connectivity index is 1.62. The molecule has 0 aliphatic carbocycles. The van der Waals surface area contributed by atoms with Crippen LogP contribution in [0, 0.1) is 0 Å². The van der Waals surface area contributed by atoms with E-state index in [2.05, 4.69) is 11.9 Å². The van der Waals surface area contributed by atoms with Crippen molar-refractivity contribution in [2.75, 3.05) is 18.1 Å². The van der Waals surface area contributed by atoms with Gasteiger partial charge in [-0.3, -0.25) is 4.79 Å². The highest BCUT2D eigenvalue weighted by Gasteiger charge is 2.34. The molecule has 1 aromatic carbocycles. The lowest BCUT2D eigenvalue weighted by Crippen LogP contribution is -2.41. The fourth-order valence-corrected chi connectivity index (χ4v) is 5.25. The largest absolute Gasteiger partial charge is 0.441 e. The Bertz CT molecular complexity index is 909. The van der Waals surface area contributed by atoms with E-state index in [1.165, 1.54) is 0 Å². The Morgan fingerprint density at radius 1 is 1.32 bits per heavy atom. The summed E-state index contributed by atoms with van der Waals surface area (Å²) < 4.78 is 29.4. The Hall–Kier alpha value is -1.86. The molecule has 1 unspecified atom stereocenters. The van der Waals surface area contributed by atoms with E-state index in [0.29, 0.717) is 36.1 Å². The Kier molecular flexibility index (Phi) is 6.78. The molecule has 1 aliphatic rings. The number of aromatic nitrogens is 1. The minimum Gasteiger partial charge on any atom is -0.441 e. The molecule has 152 valence electrons. The minimum atomic E-state index is -3.03. The number of unbranched alkanes of at least 4 members (excludes halogenated alkanes) is 1. The molecule has 1 saturated heterocycles. The molecular formula is C20H25ClN2O4S. The summed E-state index contributed by atoms with van der Waals surface area (Å²) in [6, 6.07) is 7.06. The number of hydrogen-bond acceptors (Lipinski definition) is 5. The topological polar surface area (TPSA) is 80.5 Å². The summed E-state index contributed by atoms with van der Waals surface area (Å²) in [6.45, 7) is 2.65. The lowest BCUT2D eigenvalue weighted by molar-refractivity contribution is -0.133. The van der Waals surface area contributed by atoms with E-state index in [0.717, 1.165) is 18.4 Å². The van der Waals surface area contributed by atoms with Gasteiger partial charge in [0.25, 0.3) is 0 Å². The van der Waals surface area contributed by atoms with Gasteiger partial charge in [0.2, 0.25) is 5.91 Å². The molecule has 0 N–H and O–H groups in total. The van der Waals surface area contributed by atoms with E-state index in [1.54, 1.807) is 23.2 Å². The van der Waals surface area contributed by atoms with Crippen LogP contribution in [0.2, 0.25) is 5.02 Å². The third-order valence-corrected chi connectivity index (χ3v) is 6.96. The van der Waals surface area contributed by atoms with Gasteiger partial charge >= 0.3 is 0 Å². The molecule has 1 amide bonds. The number of sulfone groups is 1. The smallest absolute Gasteiger partial charge is 0.223 e. The first-order valence-corrected chi connectivity index (χ1v) is 11.8. The van der Waals surface area contributed by atoms with Gasteiger partial charge in [-0.1, -0.05) is 24.9 Å². The molecule has 28 heavy (non-hydrogen) atoms. The van der Waals surface area contributed by atoms with Gasteiger partial charge in [-0.25, -0.2) is 13.4 Å².